The molecule has 0 spiro atoms. The molecule has 18 heavy (non-hydrogen) atoms. The summed E-state index contributed by atoms with van der Waals surface area (Å²) in [5.41, 5.74) is 8.35. The van der Waals surface area contributed by atoms with Crippen LogP contribution in [0.3, 0.4) is 0 Å². The predicted octanol–water partition coefficient (Wildman–Crippen LogP) is 2.91. The first-order chi connectivity index (χ1) is 8.70. The summed E-state index contributed by atoms with van der Waals surface area (Å²) in [6.07, 6.45) is 7.28. The number of aryl methyl sites for hydroxylation is 1. The van der Waals surface area contributed by atoms with E-state index in [4.69, 9.17) is 5.73 Å². The molecule has 4 bridgehead atoms. The number of rotatable bonds is 1. The minimum absolute atomic E-state index is 0.587. The molecule has 3 nitrogen and oxygen atoms in total. The fraction of sp³-hybridized carbons (Fsp3) is 0.733. The molecule has 2 N–H and O–H groups in total. The maximum Gasteiger partial charge on any atom is 0.146 e. The third kappa shape index (κ3) is 1.49. The van der Waals surface area contributed by atoms with Crippen molar-refractivity contribution in [1.29, 1.82) is 0 Å². The summed E-state index contributed by atoms with van der Waals surface area (Å²) in [6.45, 7) is 2.09. The Morgan fingerprint density at radius 3 is 2.22 bits per heavy atom. The smallest absolute Gasteiger partial charge is 0.146 e. The van der Waals surface area contributed by atoms with Crippen LogP contribution in [-0.4, -0.2) is 10.2 Å². The molecule has 0 aromatic carbocycles. The number of nitrogens with two attached hydrogens (primary N) is 1. The summed E-state index contributed by atoms with van der Waals surface area (Å²) >= 11 is 0. The Bertz CT molecular complexity index is 455. The zero-order valence-corrected chi connectivity index (χ0v) is 11.0. The molecule has 0 unspecified atom stereocenters. The zero-order chi connectivity index (χ0) is 12.3. The van der Waals surface area contributed by atoms with E-state index >= 15 is 0 Å². The number of nitrogen functional groups attached to an aromatic ring is 1. The molecule has 0 saturated heterocycles. The Kier molecular flexibility index (Phi) is 2.21. The van der Waals surface area contributed by atoms with Gasteiger partial charge in [0, 0.05) is 0 Å². The van der Waals surface area contributed by atoms with Crippen molar-refractivity contribution in [1.82, 2.24) is 10.2 Å². The van der Waals surface area contributed by atoms with Gasteiger partial charge in [-0.2, -0.15) is 5.10 Å². The first kappa shape index (κ1) is 10.8. The zero-order valence-electron chi connectivity index (χ0n) is 11.0. The Morgan fingerprint density at radius 1 is 1.00 bits per heavy atom. The molecule has 0 atom stereocenters. The summed E-state index contributed by atoms with van der Waals surface area (Å²) in [5.74, 6) is 5.14. The van der Waals surface area contributed by atoms with E-state index in [1.807, 2.05) is 0 Å². The van der Waals surface area contributed by atoms with Gasteiger partial charge in [-0.3, -0.25) is 0 Å². The standard InChI is InChI=1S/C15H21N3/c1-8-13(7-14(16)18-17-8)15-11-3-9-2-10(5-11)6-12(15)4-9/h7,9-12,15H,2-6H2,1H3,(H2,16,18). The topological polar surface area (TPSA) is 51.8 Å². The average molecular weight is 243 g/mol. The number of hydrogen-bond donors (Lipinski definition) is 1. The lowest BCUT2D eigenvalue weighted by Crippen LogP contribution is -2.44. The Hall–Kier alpha value is -1.12. The van der Waals surface area contributed by atoms with E-state index in [9.17, 15) is 0 Å². The average Bonchev–Trinajstić information content (AvgIpc) is 2.32. The Balaban J connectivity index is 1.74. The van der Waals surface area contributed by atoms with Crippen LogP contribution in [0.25, 0.3) is 0 Å². The molecule has 1 heterocycles. The van der Waals surface area contributed by atoms with Crippen LogP contribution in [0, 0.1) is 30.6 Å². The van der Waals surface area contributed by atoms with Gasteiger partial charge in [0.05, 0.1) is 5.69 Å². The number of hydrogen-bond acceptors (Lipinski definition) is 3. The van der Waals surface area contributed by atoms with Crippen molar-refractivity contribution in [3.8, 4) is 0 Å². The van der Waals surface area contributed by atoms with Crippen molar-refractivity contribution >= 4 is 5.82 Å². The van der Waals surface area contributed by atoms with E-state index in [1.54, 1.807) is 0 Å². The highest BCUT2D eigenvalue weighted by molar-refractivity contribution is 5.36. The Morgan fingerprint density at radius 2 is 1.61 bits per heavy atom. The van der Waals surface area contributed by atoms with Gasteiger partial charge in [-0.1, -0.05) is 0 Å². The minimum Gasteiger partial charge on any atom is -0.382 e. The van der Waals surface area contributed by atoms with E-state index in [2.05, 4.69) is 23.2 Å². The number of anilines is 1. The quantitative estimate of drug-likeness (QED) is 0.825. The second-order valence-electron chi connectivity index (χ2n) is 6.77. The van der Waals surface area contributed by atoms with Crippen molar-refractivity contribution in [3.05, 3.63) is 17.3 Å². The highest BCUT2D eigenvalue weighted by Crippen LogP contribution is 2.60. The van der Waals surface area contributed by atoms with Gasteiger partial charge >= 0.3 is 0 Å². The van der Waals surface area contributed by atoms with Gasteiger partial charge in [-0.15, -0.1) is 5.10 Å². The number of aromatic nitrogens is 2. The molecule has 5 rings (SSSR count). The van der Waals surface area contributed by atoms with Crippen LogP contribution >= 0.6 is 0 Å². The summed E-state index contributed by atoms with van der Waals surface area (Å²) < 4.78 is 0. The predicted molar refractivity (Wildman–Crippen MR) is 71.0 cm³/mol. The molecule has 4 aliphatic carbocycles. The molecule has 0 aliphatic heterocycles. The fourth-order valence-electron chi connectivity index (χ4n) is 5.25. The molecule has 4 fully saturated rings. The van der Waals surface area contributed by atoms with Crippen molar-refractivity contribution in [2.75, 3.05) is 5.73 Å². The summed E-state index contributed by atoms with van der Waals surface area (Å²) in [4.78, 5) is 0. The summed E-state index contributed by atoms with van der Waals surface area (Å²) in [6, 6.07) is 2.09. The third-order valence-corrected chi connectivity index (χ3v) is 5.62. The van der Waals surface area contributed by atoms with Gasteiger partial charge in [0.25, 0.3) is 0 Å². The summed E-state index contributed by atoms with van der Waals surface area (Å²) in [7, 11) is 0. The maximum absolute atomic E-state index is 5.85. The summed E-state index contributed by atoms with van der Waals surface area (Å²) in [5, 5.41) is 8.22. The molecule has 1 aromatic rings. The first-order valence-electron chi connectivity index (χ1n) is 7.30. The monoisotopic (exact) mass is 243 g/mol. The SMILES string of the molecule is Cc1nnc(N)cc1C1C2CC3CC(C2)CC1C3. The molecular weight excluding hydrogens is 222 g/mol. The highest BCUT2D eigenvalue weighted by atomic mass is 15.1. The molecule has 0 radical (unpaired) electrons. The van der Waals surface area contributed by atoms with Gasteiger partial charge in [-0.25, -0.2) is 0 Å². The maximum atomic E-state index is 5.85. The molecule has 0 amide bonds. The minimum atomic E-state index is 0.587. The van der Waals surface area contributed by atoms with Crippen LogP contribution in [0.5, 0.6) is 0 Å². The van der Waals surface area contributed by atoms with Gasteiger partial charge in [0.2, 0.25) is 0 Å². The van der Waals surface area contributed by atoms with E-state index in [-0.39, 0.29) is 0 Å². The molecule has 4 saturated carbocycles. The second-order valence-corrected chi connectivity index (χ2v) is 6.77. The van der Waals surface area contributed by atoms with Crippen LogP contribution in [0.15, 0.2) is 6.07 Å². The lowest BCUT2D eigenvalue weighted by atomic mass is 9.50. The molecule has 1 aromatic heterocycles. The van der Waals surface area contributed by atoms with Crippen LogP contribution in [-0.2, 0) is 0 Å². The van der Waals surface area contributed by atoms with Gasteiger partial charge in [0.15, 0.2) is 0 Å². The highest BCUT2D eigenvalue weighted by Gasteiger charge is 2.49. The Labute approximate surface area is 108 Å². The van der Waals surface area contributed by atoms with Crippen molar-refractivity contribution in [2.45, 2.75) is 44.9 Å². The number of nitrogens with zero attached hydrogens (tertiary/aromatic N) is 2. The van der Waals surface area contributed by atoms with E-state index in [1.165, 1.54) is 37.7 Å². The van der Waals surface area contributed by atoms with Crippen molar-refractivity contribution in [3.63, 3.8) is 0 Å². The van der Waals surface area contributed by atoms with Crippen LogP contribution in [0.1, 0.15) is 49.3 Å². The molecule has 3 heteroatoms. The first-order valence-corrected chi connectivity index (χ1v) is 7.30. The van der Waals surface area contributed by atoms with E-state index in [0.29, 0.717) is 5.82 Å². The van der Waals surface area contributed by atoms with Crippen molar-refractivity contribution in [2.24, 2.45) is 23.7 Å². The van der Waals surface area contributed by atoms with Crippen molar-refractivity contribution < 1.29 is 0 Å². The normalized spacial score (nSPS) is 41.3. The van der Waals surface area contributed by atoms with E-state index in [0.717, 1.165) is 35.3 Å². The lowest BCUT2D eigenvalue weighted by molar-refractivity contribution is -0.00312. The molecular formula is C15H21N3. The molecule has 4 aliphatic rings. The van der Waals surface area contributed by atoms with E-state index < -0.39 is 0 Å². The lowest BCUT2D eigenvalue weighted by Gasteiger charge is -2.54. The van der Waals surface area contributed by atoms with Gasteiger partial charge in [-0.05, 0) is 80.2 Å². The van der Waals surface area contributed by atoms with Crippen LogP contribution in [0.2, 0.25) is 0 Å². The van der Waals surface area contributed by atoms with Gasteiger partial charge in [0.1, 0.15) is 5.82 Å². The largest absolute Gasteiger partial charge is 0.382 e. The third-order valence-electron chi connectivity index (χ3n) is 5.62. The second kappa shape index (κ2) is 3.69. The fourth-order valence-corrected chi connectivity index (χ4v) is 5.25. The van der Waals surface area contributed by atoms with Crippen LogP contribution in [0.4, 0.5) is 5.82 Å². The molecule has 96 valence electrons. The van der Waals surface area contributed by atoms with Crippen LogP contribution < -0.4 is 5.73 Å². The van der Waals surface area contributed by atoms with Gasteiger partial charge < -0.3 is 5.73 Å².